The maximum absolute atomic E-state index is 11.9. The Bertz CT molecular complexity index is 905. The fourth-order valence-electron chi connectivity index (χ4n) is 2.36. The second-order valence-corrected chi connectivity index (χ2v) is 7.29. The van der Waals surface area contributed by atoms with E-state index in [2.05, 4.69) is 26.2 Å². The highest BCUT2D eigenvalue weighted by Crippen LogP contribution is 2.32. The Hall–Kier alpha value is -1.85. The second-order valence-electron chi connectivity index (χ2n) is 5.97. The van der Waals surface area contributed by atoms with E-state index in [0.717, 1.165) is 4.47 Å². The third kappa shape index (κ3) is 3.79. The molecule has 0 aliphatic heterocycles. The third-order valence-electron chi connectivity index (χ3n) is 3.42. The molecule has 0 unspecified atom stereocenters. The van der Waals surface area contributed by atoms with Gasteiger partial charge in [-0.25, -0.2) is 4.98 Å². The quantitative estimate of drug-likeness (QED) is 0.586. The molecule has 3 rings (SSSR count). The average Bonchev–Trinajstić information content (AvgIpc) is 2.91. The number of amides is 1. The topological polar surface area (TPSA) is 55.1 Å². The van der Waals surface area contributed by atoms with Gasteiger partial charge < -0.3 is 9.73 Å². The molecule has 0 atom stereocenters. The van der Waals surface area contributed by atoms with E-state index in [1.165, 1.54) is 0 Å². The molecule has 0 aliphatic carbocycles. The van der Waals surface area contributed by atoms with Crippen molar-refractivity contribution in [3.63, 3.8) is 0 Å². The molecule has 3 aromatic rings. The lowest BCUT2D eigenvalue weighted by molar-refractivity contribution is -0.116. The van der Waals surface area contributed by atoms with Crippen LogP contribution in [0.4, 0.5) is 5.69 Å². The molecule has 0 fully saturated rings. The number of halogens is 2. The van der Waals surface area contributed by atoms with Gasteiger partial charge in [-0.3, -0.25) is 4.79 Å². The zero-order valence-corrected chi connectivity index (χ0v) is 15.6. The van der Waals surface area contributed by atoms with Crippen LogP contribution < -0.4 is 5.32 Å². The number of rotatable bonds is 4. The van der Waals surface area contributed by atoms with Crippen molar-refractivity contribution >= 4 is 50.2 Å². The molecule has 1 N–H and O–H groups in total. The van der Waals surface area contributed by atoms with Gasteiger partial charge in [0.1, 0.15) is 5.52 Å². The van der Waals surface area contributed by atoms with E-state index < -0.39 is 0 Å². The van der Waals surface area contributed by atoms with E-state index in [0.29, 0.717) is 45.6 Å². The van der Waals surface area contributed by atoms with Crippen LogP contribution in [0.15, 0.2) is 45.3 Å². The summed E-state index contributed by atoms with van der Waals surface area (Å²) in [5, 5.41) is 3.45. The van der Waals surface area contributed by atoms with Gasteiger partial charge in [0.15, 0.2) is 5.58 Å². The fraction of sp³-hybridized carbons (Fsp3) is 0.222. The first-order chi connectivity index (χ1) is 11.4. The number of carbonyl (C=O) groups is 1. The molecule has 2 aromatic carbocycles. The van der Waals surface area contributed by atoms with Crippen molar-refractivity contribution in [2.24, 2.45) is 5.92 Å². The molecule has 4 nitrogen and oxygen atoms in total. The molecule has 0 aliphatic rings. The van der Waals surface area contributed by atoms with Crippen LogP contribution in [0, 0.1) is 5.92 Å². The molecule has 124 valence electrons. The number of nitrogens with zero attached hydrogens (tertiary/aromatic N) is 1. The van der Waals surface area contributed by atoms with Crippen LogP contribution in [0.5, 0.6) is 0 Å². The van der Waals surface area contributed by atoms with Gasteiger partial charge in [0.25, 0.3) is 0 Å². The number of oxazole rings is 1. The van der Waals surface area contributed by atoms with Crippen molar-refractivity contribution in [3.05, 3.63) is 45.9 Å². The molecule has 1 amide bonds. The zero-order valence-electron chi connectivity index (χ0n) is 13.3. The summed E-state index contributed by atoms with van der Waals surface area (Å²) in [4.78, 5) is 16.4. The first-order valence-corrected chi connectivity index (χ1v) is 8.75. The molecular weight excluding hydrogens is 392 g/mol. The first-order valence-electron chi connectivity index (χ1n) is 7.58. The van der Waals surface area contributed by atoms with Gasteiger partial charge in [0.05, 0.1) is 10.6 Å². The molecule has 0 radical (unpaired) electrons. The van der Waals surface area contributed by atoms with Crippen LogP contribution in [0.25, 0.3) is 22.6 Å². The fourth-order valence-corrected chi connectivity index (χ4v) is 2.92. The standard InChI is InChI=1S/C18H16BrClN2O2/c1-10(2)7-17(23)21-12-4-6-16-15(9-12)22-18(24-16)13-8-11(19)3-5-14(13)20/h3-6,8-10H,7H2,1-2H3,(H,21,23). The molecule has 0 saturated carbocycles. The van der Waals surface area contributed by atoms with Gasteiger partial charge in [-0.1, -0.05) is 41.4 Å². The maximum atomic E-state index is 11.9. The minimum Gasteiger partial charge on any atom is -0.436 e. The molecule has 1 aromatic heterocycles. The van der Waals surface area contributed by atoms with E-state index in [-0.39, 0.29) is 5.91 Å². The Morgan fingerprint density at radius 3 is 2.83 bits per heavy atom. The van der Waals surface area contributed by atoms with Gasteiger partial charge in [-0.15, -0.1) is 0 Å². The summed E-state index contributed by atoms with van der Waals surface area (Å²) in [6, 6.07) is 10.9. The predicted molar refractivity (Wildman–Crippen MR) is 100 cm³/mol. The molecule has 6 heteroatoms. The SMILES string of the molecule is CC(C)CC(=O)Nc1ccc2oc(-c3cc(Br)ccc3Cl)nc2c1. The summed E-state index contributed by atoms with van der Waals surface area (Å²) < 4.78 is 6.68. The van der Waals surface area contributed by atoms with Gasteiger partial charge in [0.2, 0.25) is 11.8 Å². The van der Waals surface area contributed by atoms with Crippen molar-refractivity contribution in [2.75, 3.05) is 5.32 Å². The van der Waals surface area contributed by atoms with E-state index in [4.69, 9.17) is 16.0 Å². The van der Waals surface area contributed by atoms with E-state index in [1.54, 1.807) is 24.3 Å². The number of hydrogen-bond acceptors (Lipinski definition) is 3. The number of benzene rings is 2. The Balaban J connectivity index is 1.92. The Kier molecular flexibility index (Phi) is 4.92. The number of aromatic nitrogens is 1. The summed E-state index contributed by atoms with van der Waals surface area (Å²) in [5.74, 6) is 0.746. The largest absolute Gasteiger partial charge is 0.436 e. The lowest BCUT2D eigenvalue weighted by Crippen LogP contribution is -2.13. The number of fused-ring (bicyclic) bond motifs is 1. The van der Waals surface area contributed by atoms with Gasteiger partial charge in [-0.2, -0.15) is 0 Å². The summed E-state index contributed by atoms with van der Waals surface area (Å²) in [6.07, 6.45) is 0.482. The van der Waals surface area contributed by atoms with Crippen molar-refractivity contribution < 1.29 is 9.21 Å². The lowest BCUT2D eigenvalue weighted by atomic mass is 10.1. The van der Waals surface area contributed by atoms with Crippen molar-refractivity contribution in [1.82, 2.24) is 4.98 Å². The van der Waals surface area contributed by atoms with Crippen molar-refractivity contribution in [3.8, 4) is 11.5 Å². The number of hydrogen-bond donors (Lipinski definition) is 1. The third-order valence-corrected chi connectivity index (χ3v) is 4.25. The number of anilines is 1. The normalized spacial score (nSPS) is 11.2. The van der Waals surface area contributed by atoms with Crippen LogP contribution in [-0.2, 0) is 4.79 Å². The van der Waals surface area contributed by atoms with E-state index in [9.17, 15) is 4.79 Å². The molecule has 1 heterocycles. The van der Waals surface area contributed by atoms with Gasteiger partial charge in [-0.05, 0) is 42.3 Å². The highest BCUT2D eigenvalue weighted by molar-refractivity contribution is 9.10. The Morgan fingerprint density at radius 1 is 1.29 bits per heavy atom. The lowest BCUT2D eigenvalue weighted by Gasteiger charge is -2.06. The predicted octanol–water partition coefficient (Wildman–Crippen LogP) is 5.90. The Morgan fingerprint density at radius 2 is 2.08 bits per heavy atom. The minimum absolute atomic E-state index is 0.0110. The van der Waals surface area contributed by atoms with Gasteiger partial charge in [0, 0.05) is 16.6 Å². The zero-order chi connectivity index (χ0) is 17.3. The van der Waals surface area contributed by atoms with Crippen LogP contribution in [0.2, 0.25) is 5.02 Å². The minimum atomic E-state index is -0.0110. The van der Waals surface area contributed by atoms with E-state index >= 15 is 0 Å². The molecule has 0 bridgehead atoms. The summed E-state index contributed by atoms with van der Waals surface area (Å²) in [7, 11) is 0. The number of nitrogens with one attached hydrogen (secondary N) is 1. The van der Waals surface area contributed by atoms with Crippen LogP contribution in [0.3, 0.4) is 0 Å². The molecule has 0 spiro atoms. The van der Waals surface area contributed by atoms with E-state index in [1.807, 2.05) is 26.0 Å². The second kappa shape index (κ2) is 6.95. The summed E-state index contributed by atoms with van der Waals surface area (Å²) >= 11 is 9.65. The molecular formula is C18H16BrClN2O2. The van der Waals surface area contributed by atoms with Crippen molar-refractivity contribution in [1.29, 1.82) is 0 Å². The monoisotopic (exact) mass is 406 g/mol. The highest BCUT2D eigenvalue weighted by Gasteiger charge is 2.13. The van der Waals surface area contributed by atoms with Gasteiger partial charge >= 0.3 is 0 Å². The smallest absolute Gasteiger partial charge is 0.228 e. The maximum Gasteiger partial charge on any atom is 0.228 e. The average molecular weight is 408 g/mol. The first kappa shape index (κ1) is 17.0. The molecule has 24 heavy (non-hydrogen) atoms. The highest BCUT2D eigenvalue weighted by atomic mass is 79.9. The summed E-state index contributed by atoms with van der Waals surface area (Å²) in [5.41, 5.74) is 2.73. The van der Waals surface area contributed by atoms with Crippen molar-refractivity contribution in [2.45, 2.75) is 20.3 Å². The Labute approximate surface area is 153 Å². The number of carbonyl (C=O) groups excluding carboxylic acids is 1. The summed E-state index contributed by atoms with van der Waals surface area (Å²) in [6.45, 7) is 4.02. The van der Waals surface area contributed by atoms with Crippen LogP contribution >= 0.6 is 27.5 Å². The van der Waals surface area contributed by atoms with Crippen LogP contribution in [0.1, 0.15) is 20.3 Å². The van der Waals surface area contributed by atoms with Crippen LogP contribution in [-0.4, -0.2) is 10.9 Å². The molecule has 0 saturated heterocycles.